The summed E-state index contributed by atoms with van der Waals surface area (Å²) in [4.78, 5) is 5.51. The van der Waals surface area contributed by atoms with Crippen LogP contribution in [0.5, 0.6) is 0 Å². The van der Waals surface area contributed by atoms with Gasteiger partial charge in [-0.3, -0.25) is 0 Å². The van der Waals surface area contributed by atoms with Crippen LogP contribution in [0.3, 0.4) is 0 Å². The third kappa shape index (κ3) is 2.26. The van der Waals surface area contributed by atoms with E-state index in [0.29, 0.717) is 12.5 Å². The van der Waals surface area contributed by atoms with Gasteiger partial charge in [0.25, 0.3) is 0 Å². The molecule has 1 aliphatic rings. The Morgan fingerprint density at radius 3 is 3.07 bits per heavy atom. The molecular weight excluding hydrogens is 195 g/mol. The lowest BCUT2D eigenvalue weighted by atomic mass is 9.96. The molecule has 2 unspecified atom stereocenters. The minimum Gasteiger partial charge on any atom is -0.391 e. The van der Waals surface area contributed by atoms with Crippen LogP contribution in [-0.2, 0) is 0 Å². The molecule has 0 spiro atoms. The van der Waals surface area contributed by atoms with Crippen molar-refractivity contribution in [3.05, 3.63) is 24.3 Å². The van der Waals surface area contributed by atoms with Crippen LogP contribution in [0.2, 0.25) is 0 Å². The first-order valence-electron chi connectivity index (χ1n) is 5.21. The maximum atomic E-state index is 12.9. The quantitative estimate of drug-likeness (QED) is 0.712. The SMILES string of the molecule is CC1CCN(c2ccnc(F)c2)CC1O. The van der Waals surface area contributed by atoms with Crippen LogP contribution in [-0.4, -0.2) is 29.3 Å². The number of anilines is 1. The summed E-state index contributed by atoms with van der Waals surface area (Å²) in [5, 5.41) is 9.73. The Hall–Kier alpha value is -1.16. The summed E-state index contributed by atoms with van der Waals surface area (Å²) in [6.07, 6.45) is 2.06. The number of hydrogen-bond donors (Lipinski definition) is 1. The Morgan fingerprint density at radius 1 is 1.60 bits per heavy atom. The predicted octanol–water partition coefficient (Wildman–Crippen LogP) is 1.43. The van der Waals surface area contributed by atoms with Crippen LogP contribution < -0.4 is 4.90 Å². The summed E-state index contributed by atoms with van der Waals surface area (Å²) in [7, 11) is 0. The van der Waals surface area contributed by atoms with E-state index in [1.165, 1.54) is 12.3 Å². The Morgan fingerprint density at radius 2 is 2.40 bits per heavy atom. The van der Waals surface area contributed by atoms with Gasteiger partial charge in [0.05, 0.1) is 6.10 Å². The summed E-state index contributed by atoms with van der Waals surface area (Å²) >= 11 is 0. The first-order chi connectivity index (χ1) is 7.16. The van der Waals surface area contributed by atoms with Crippen molar-refractivity contribution in [1.82, 2.24) is 4.98 Å². The van der Waals surface area contributed by atoms with E-state index in [9.17, 15) is 9.50 Å². The molecule has 1 aromatic heterocycles. The Kier molecular flexibility index (Phi) is 2.86. The zero-order valence-electron chi connectivity index (χ0n) is 8.73. The van der Waals surface area contributed by atoms with Crippen LogP contribution in [0.25, 0.3) is 0 Å². The van der Waals surface area contributed by atoms with Gasteiger partial charge in [-0.05, 0) is 18.4 Å². The predicted molar refractivity (Wildman–Crippen MR) is 56.2 cm³/mol. The first-order valence-corrected chi connectivity index (χ1v) is 5.21. The minimum atomic E-state index is -0.472. The molecule has 15 heavy (non-hydrogen) atoms. The lowest BCUT2D eigenvalue weighted by Gasteiger charge is -2.35. The standard InChI is InChI=1S/C11H15FN2O/c1-8-3-5-14(7-10(8)15)9-2-4-13-11(12)6-9/h2,4,6,8,10,15H,3,5,7H2,1H3. The summed E-state index contributed by atoms with van der Waals surface area (Å²) in [5.41, 5.74) is 0.799. The van der Waals surface area contributed by atoms with Gasteiger partial charge in [0.2, 0.25) is 5.95 Å². The summed E-state index contributed by atoms with van der Waals surface area (Å²) < 4.78 is 12.9. The van der Waals surface area contributed by atoms with Crippen molar-refractivity contribution in [1.29, 1.82) is 0 Å². The number of piperidine rings is 1. The normalized spacial score (nSPS) is 26.7. The molecule has 3 nitrogen and oxygen atoms in total. The number of β-amino-alcohol motifs (C(OH)–C–C–N with tert-alkyl or cyclic N) is 1. The van der Waals surface area contributed by atoms with E-state index in [1.807, 2.05) is 11.8 Å². The topological polar surface area (TPSA) is 36.4 Å². The highest BCUT2D eigenvalue weighted by molar-refractivity contribution is 5.45. The second-order valence-corrected chi connectivity index (χ2v) is 4.12. The van der Waals surface area contributed by atoms with Crippen molar-refractivity contribution in [2.75, 3.05) is 18.0 Å². The van der Waals surface area contributed by atoms with Crippen LogP contribution in [0.4, 0.5) is 10.1 Å². The van der Waals surface area contributed by atoms with E-state index in [-0.39, 0.29) is 6.10 Å². The first kappa shape index (κ1) is 10.4. The number of aromatic nitrogens is 1. The van der Waals surface area contributed by atoms with Crippen molar-refractivity contribution in [2.45, 2.75) is 19.4 Å². The van der Waals surface area contributed by atoms with E-state index in [0.717, 1.165) is 18.7 Å². The number of rotatable bonds is 1. The lowest BCUT2D eigenvalue weighted by molar-refractivity contribution is 0.103. The second-order valence-electron chi connectivity index (χ2n) is 4.12. The van der Waals surface area contributed by atoms with Crippen molar-refractivity contribution in [3.8, 4) is 0 Å². The Bertz CT molecular complexity index is 345. The van der Waals surface area contributed by atoms with E-state index in [4.69, 9.17) is 0 Å². The van der Waals surface area contributed by atoms with Gasteiger partial charge in [-0.2, -0.15) is 4.39 Å². The summed E-state index contributed by atoms with van der Waals surface area (Å²) in [6.45, 7) is 3.47. The van der Waals surface area contributed by atoms with E-state index in [1.54, 1.807) is 6.07 Å². The molecule has 1 N–H and O–H groups in total. The number of aliphatic hydroxyl groups is 1. The molecule has 0 aromatic carbocycles. The van der Waals surface area contributed by atoms with Crippen LogP contribution in [0.1, 0.15) is 13.3 Å². The number of halogens is 1. The number of pyridine rings is 1. The van der Waals surface area contributed by atoms with Crippen molar-refractivity contribution >= 4 is 5.69 Å². The minimum absolute atomic E-state index is 0.324. The third-order valence-corrected chi connectivity index (χ3v) is 2.99. The summed E-state index contributed by atoms with van der Waals surface area (Å²) in [6, 6.07) is 3.18. The molecule has 0 radical (unpaired) electrons. The smallest absolute Gasteiger partial charge is 0.214 e. The molecule has 1 aliphatic heterocycles. The van der Waals surface area contributed by atoms with Crippen LogP contribution in [0, 0.1) is 11.9 Å². The Balaban J connectivity index is 2.12. The highest BCUT2D eigenvalue weighted by Gasteiger charge is 2.24. The molecular formula is C11H15FN2O. The zero-order chi connectivity index (χ0) is 10.8. The molecule has 2 atom stereocenters. The number of aliphatic hydroxyl groups excluding tert-OH is 1. The largest absolute Gasteiger partial charge is 0.391 e. The van der Waals surface area contributed by atoms with Gasteiger partial charge in [0.1, 0.15) is 0 Å². The maximum absolute atomic E-state index is 12.9. The molecule has 0 amide bonds. The van der Waals surface area contributed by atoms with Gasteiger partial charge in [-0.25, -0.2) is 4.98 Å². The molecule has 0 aliphatic carbocycles. The van der Waals surface area contributed by atoms with Crippen LogP contribution in [0.15, 0.2) is 18.3 Å². The monoisotopic (exact) mass is 210 g/mol. The molecule has 4 heteroatoms. The van der Waals surface area contributed by atoms with Gasteiger partial charge in [-0.1, -0.05) is 6.92 Å². The molecule has 1 aromatic rings. The Labute approximate surface area is 88.6 Å². The van der Waals surface area contributed by atoms with Gasteiger partial charge >= 0.3 is 0 Å². The molecule has 2 rings (SSSR count). The average molecular weight is 210 g/mol. The molecule has 82 valence electrons. The van der Waals surface area contributed by atoms with Crippen molar-refractivity contribution in [3.63, 3.8) is 0 Å². The van der Waals surface area contributed by atoms with E-state index in [2.05, 4.69) is 4.98 Å². The molecule has 0 saturated carbocycles. The van der Waals surface area contributed by atoms with E-state index >= 15 is 0 Å². The van der Waals surface area contributed by atoms with E-state index < -0.39 is 5.95 Å². The zero-order valence-corrected chi connectivity index (χ0v) is 8.73. The average Bonchev–Trinajstić information content (AvgIpc) is 2.22. The molecule has 2 heterocycles. The summed E-state index contributed by atoms with van der Waals surface area (Å²) in [5.74, 6) is -0.145. The van der Waals surface area contributed by atoms with Gasteiger partial charge in [0, 0.05) is 31.0 Å². The van der Waals surface area contributed by atoms with Gasteiger partial charge in [-0.15, -0.1) is 0 Å². The number of hydrogen-bond acceptors (Lipinski definition) is 3. The molecule has 1 saturated heterocycles. The molecule has 1 fully saturated rings. The lowest BCUT2D eigenvalue weighted by Crippen LogP contribution is -2.42. The third-order valence-electron chi connectivity index (χ3n) is 2.99. The second kappa shape index (κ2) is 4.14. The fraction of sp³-hybridized carbons (Fsp3) is 0.545. The molecule has 0 bridgehead atoms. The number of nitrogens with zero attached hydrogens (tertiary/aromatic N) is 2. The highest BCUT2D eigenvalue weighted by Crippen LogP contribution is 2.22. The maximum Gasteiger partial charge on any atom is 0.214 e. The van der Waals surface area contributed by atoms with Crippen molar-refractivity contribution in [2.24, 2.45) is 5.92 Å². The van der Waals surface area contributed by atoms with Gasteiger partial charge in [0.15, 0.2) is 0 Å². The fourth-order valence-electron chi connectivity index (χ4n) is 1.87. The van der Waals surface area contributed by atoms with Crippen molar-refractivity contribution < 1.29 is 9.50 Å². The highest BCUT2D eigenvalue weighted by atomic mass is 19.1. The van der Waals surface area contributed by atoms with Crippen LogP contribution >= 0.6 is 0 Å². The van der Waals surface area contributed by atoms with Gasteiger partial charge < -0.3 is 10.0 Å². The fourth-order valence-corrected chi connectivity index (χ4v) is 1.87.